The van der Waals surface area contributed by atoms with Crippen molar-refractivity contribution in [1.29, 1.82) is 0 Å². The molecule has 2 unspecified atom stereocenters. The molecule has 0 aliphatic heterocycles. The number of benzene rings is 1. The van der Waals surface area contributed by atoms with Gasteiger partial charge in [0.15, 0.2) is 0 Å². The third-order valence-electron chi connectivity index (χ3n) is 6.16. The lowest BCUT2D eigenvalue weighted by atomic mass is 9.80. The first-order valence-electron chi connectivity index (χ1n) is 11.0. The minimum Gasteiger partial charge on any atom is -0.494 e. The number of hydrogen-bond donors (Lipinski definition) is 1. The molecule has 5 rings (SSSR count). The highest BCUT2D eigenvalue weighted by atomic mass is 19.4. The Balaban J connectivity index is 1.48. The molecule has 1 aromatic carbocycles. The Bertz CT molecular complexity index is 1370. The Kier molecular flexibility index (Phi) is 5.73. The molecule has 2 heterocycles. The highest BCUT2D eigenvalue weighted by Gasteiger charge is 2.47. The molecule has 186 valence electrons. The zero-order chi connectivity index (χ0) is 25.5. The summed E-state index contributed by atoms with van der Waals surface area (Å²) in [5.74, 6) is -1.18. The lowest BCUT2D eigenvalue weighted by Crippen LogP contribution is -2.43. The van der Waals surface area contributed by atoms with Crippen molar-refractivity contribution in [3.63, 3.8) is 0 Å². The highest BCUT2D eigenvalue weighted by Crippen LogP contribution is 2.44. The summed E-state index contributed by atoms with van der Waals surface area (Å²) >= 11 is 0. The Hall–Kier alpha value is -4.22. The number of hydrogen-bond acceptors (Lipinski definition) is 8. The van der Waals surface area contributed by atoms with Gasteiger partial charge in [-0.1, -0.05) is 22.9 Å². The Morgan fingerprint density at radius 1 is 1.25 bits per heavy atom. The van der Waals surface area contributed by atoms with Gasteiger partial charge in [0.2, 0.25) is 11.8 Å². The van der Waals surface area contributed by atoms with Crippen LogP contribution >= 0.6 is 0 Å². The number of ether oxygens (including phenoxy) is 2. The Morgan fingerprint density at radius 2 is 2.08 bits per heavy atom. The third kappa shape index (κ3) is 4.30. The van der Waals surface area contributed by atoms with E-state index in [0.717, 1.165) is 5.57 Å². The van der Waals surface area contributed by atoms with Crippen molar-refractivity contribution in [3.05, 3.63) is 66.2 Å². The molecule has 0 radical (unpaired) electrons. The van der Waals surface area contributed by atoms with E-state index < -0.39 is 29.1 Å². The van der Waals surface area contributed by atoms with Crippen molar-refractivity contribution >= 4 is 17.4 Å². The number of nitrogens with one attached hydrogen (secondary N) is 1. The molecular formula is C24H21F3N6O3. The number of rotatable bonds is 6. The van der Waals surface area contributed by atoms with E-state index in [1.165, 1.54) is 18.0 Å². The minimum atomic E-state index is -4.77. The molecular weight excluding hydrogens is 477 g/mol. The Labute approximate surface area is 203 Å². The van der Waals surface area contributed by atoms with Gasteiger partial charge in [-0.3, -0.25) is 4.79 Å². The molecule has 3 aromatic rings. The van der Waals surface area contributed by atoms with Gasteiger partial charge in [0.25, 0.3) is 0 Å². The van der Waals surface area contributed by atoms with Gasteiger partial charge in [0.1, 0.15) is 22.7 Å². The smallest absolute Gasteiger partial charge is 0.423 e. The van der Waals surface area contributed by atoms with E-state index in [1.54, 1.807) is 43.5 Å². The van der Waals surface area contributed by atoms with Crippen molar-refractivity contribution in [2.75, 3.05) is 12.4 Å². The van der Waals surface area contributed by atoms with E-state index in [0.29, 0.717) is 36.2 Å². The van der Waals surface area contributed by atoms with Gasteiger partial charge >= 0.3 is 6.18 Å². The predicted octanol–water partition coefficient (Wildman–Crippen LogP) is 4.44. The van der Waals surface area contributed by atoms with E-state index in [-0.39, 0.29) is 11.7 Å². The molecule has 2 aliphatic rings. The van der Waals surface area contributed by atoms with Gasteiger partial charge < -0.3 is 14.8 Å². The number of carbonyl (C=O) groups is 1. The van der Waals surface area contributed by atoms with Crippen molar-refractivity contribution in [2.45, 2.75) is 31.5 Å². The summed E-state index contributed by atoms with van der Waals surface area (Å²) in [5.41, 5.74) is -0.553. The van der Waals surface area contributed by atoms with Crippen LogP contribution in [0.3, 0.4) is 0 Å². The molecule has 2 aromatic heterocycles. The topological polar surface area (TPSA) is 104 Å². The van der Waals surface area contributed by atoms with Gasteiger partial charge in [-0.15, -0.1) is 5.10 Å². The first-order chi connectivity index (χ1) is 17.2. The molecule has 0 spiro atoms. The fourth-order valence-electron chi connectivity index (χ4n) is 4.48. The number of Topliss-reactive ketones (excluding diaryl/α,β-unsaturated/α-hetero) is 1. The highest BCUT2D eigenvalue weighted by molar-refractivity contribution is 5.89. The van der Waals surface area contributed by atoms with Gasteiger partial charge in [-0.05, 0) is 31.6 Å². The maximum atomic E-state index is 13.8. The van der Waals surface area contributed by atoms with Crippen LogP contribution in [0.4, 0.5) is 24.8 Å². The maximum Gasteiger partial charge on any atom is 0.423 e. The van der Waals surface area contributed by atoms with Crippen LogP contribution in [0.5, 0.6) is 11.6 Å². The van der Waals surface area contributed by atoms with Crippen LogP contribution < -0.4 is 14.8 Å². The molecule has 2 aliphatic carbocycles. The van der Waals surface area contributed by atoms with Crippen LogP contribution in [0.25, 0.3) is 5.69 Å². The van der Waals surface area contributed by atoms with Gasteiger partial charge in [0, 0.05) is 18.7 Å². The standard InChI is InChI=1S/C24H21F3N6O3/c1-23(9-3-4-14-5-8-18(34)20(14)23)36-21-16(24(25,26)27)13-28-22(31-21)30-17-7-6-15(12-19(17)35-2)33-11-10-29-32-33/h3-4,6-7,9-13,20H,5,8H2,1-2H3,(H,28,30,31). The average molecular weight is 498 g/mol. The molecule has 2 atom stereocenters. The predicted molar refractivity (Wildman–Crippen MR) is 122 cm³/mol. The largest absolute Gasteiger partial charge is 0.494 e. The van der Waals surface area contributed by atoms with Crippen LogP contribution in [-0.4, -0.2) is 43.5 Å². The first kappa shape index (κ1) is 23.5. The van der Waals surface area contributed by atoms with E-state index in [4.69, 9.17) is 9.47 Å². The molecule has 1 fully saturated rings. The summed E-state index contributed by atoms with van der Waals surface area (Å²) in [6.45, 7) is 1.59. The number of allylic oxidation sites excluding steroid dienone is 2. The molecule has 1 N–H and O–H groups in total. The fourth-order valence-corrected chi connectivity index (χ4v) is 4.48. The number of aromatic nitrogens is 5. The van der Waals surface area contributed by atoms with E-state index in [9.17, 15) is 18.0 Å². The second-order valence-corrected chi connectivity index (χ2v) is 8.55. The maximum absolute atomic E-state index is 13.8. The summed E-state index contributed by atoms with van der Waals surface area (Å²) < 4.78 is 54.3. The van der Waals surface area contributed by atoms with Gasteiger partial charge in [0.05, 0.1) is 36.8 Å². The van der Waals surface area contributed by atoms with Crippen molar-refractivity contribution in [2.24, 2.45) is 5.92 Å². The van der Waals surface area contributed by atoms with Crippen LogP contribution in [0.1, 0.15) is 25.3 Å². The molecule has 0 amide bonds. The van der Waals surface area contributed by atoms with Crippen molar-refractivity contribution in [1.82, 2.24) is 25.0 Å². The second kappa shape index (κ2) is 8.77. The molecule has 1 saturated carbocycles. The van der Waals surface area contributed by atoms with Crippen LogP contribution in [-0.2, 0) is 11.0 Å². The lowest BCUT2D eigenvalue weighted by molar-refractivity contribution is -0.140. The van der Waals surface area contributed by atoms with Crippen LogP contribution in [0.2, 0.25) is 0 Å². The normalized spacial score (nSPS) is 21.2. The van der Waals surface area contributed by atoms with E-state index >= 15 is 0 Å². The average Bonchev–Trinajstić information content (AvgIpc) is 3.50. The quantitative estimate of drug-likeness (QED) is 0.532. The number of fused-ring (bicyclic) bond motifs is 1. The molecule has 36 heavy (non-hydrogen) atoms. The monoisotopic (exact) mass is 498 g/mol. The summed E-state index contributed by atoms with van der Waals surface area (Å²) in [6, 6.07) is 5.04. The second-order valence-electron chi connectivity index (χ2n) is 8.55. The molecule has 12 heteroatoms. The van der Waals surface area contributed by atoms with Gasteiger partial charge in [-0.2, -0.15) is 18.2 Å². The van der Waals surface area contributed by atoms with E-state index in [1.807, 2.05) is 6.08 Å². The lowest BCUT2D eigenvalue weighted by Gasteiger charge is -2.35. The zero-order valence-electron chi connectivity index (χ0n) is 19.3. The SMILES string of the molecule is COc1cc(-n2ccnn2)ccc1Nc1ncc(C(F)(F)F)c(OC2(C)C=CC=C3CCC(=O)C32)n1. The summed E-state index contributed by atoms with van der Waals surface area (Å²) in [7, 11) is 1.45. The summed E-state index contributed by atoms with van der Waals surface area (Å²) in [4.78, 5) is 20.4. The van der Waals surface area contributed by atoms with Crippen LogP contribution in [0, 0.1) is 5.92 Å². The van der Waals surface area contributed by atoms with E-state index in [2.05, 4.69) is 25.6 Å². The van der Waals surface area contributed by atoms with Crippen LogP contribution in [0.15, 0.2) is 60.6 Å². The number of carbonyl (C=O) groups excluding carboxylic acids is 1. The summed E-state index contributed by atoms with van der Waals surface area (Å²) in [5, 5.41) is 10.6. The third-order valence-corrected chi connectivity index (χ3v) is 6.16. The number of nitrogens with zero attached hydrogens (tertiary/aromatic N) is 5. The van der Waals surface area contributed by atoms with Crippen molar-refractivity contribution in [3.8, 4) is 17.3 Å². The number of alkyl halides is 3. The molecule has 0 saturated heterocycles. The minimum absolute atomic E-state index is 0.0775. The number of halogens is 3. The summed E-state index contributed by atoms with van der Waals surface area (Å²) in [6.07, 6.45) is 5.04. The number of ketones is 1. The fraction of sp³-hybridized carbons (Fsp3) is 0.292. The molecule has 0 bridgehead atoms. The first-order valence-corrected chi connectivity index (χ1v) is 11.0. The number of anilines is 2. The zero-order valence-corrected chi connectivity index (χ0v) is 19.3. The van der Waals surface area contributed by atoms with Gasteiger partial charge in [-0.25, -0.2) is 9.67 Å². The van der Waals surface area contributed by atoms with Crippen molar-refractivity contribution < 1.29 is 27.4 Å². The number of methoxy groups -OCH3 is 1. The Morgan fingerprint density at radius 3 is 2.81 bits per heavy atom. The molecule has 9 nitrogen and oxygen atoms in total.